The van der Waals surface area contributed by atoms with Crippen LogP contribution in [-0.2, 0) is 0 Å². The molecule has 0 saturated heterocycles. The zero-order valence-corrected chi connectivity index (χ0v) is 9.18. The summed E-state index contributed by atoms with van der Waals surface area (Å²) in [6, 6.07) is 1.77. The number of aryl methyl sites for hydroxylation is 1. The zero-order chi connectivity index (χ0) is 10.4. The maximum absolute atomic E-state index is 5.61. The van der Waals surface area contributed by atoms with Crippen molar-refractivity contribution in [3.63, 3.8) is 0 Å². The molecule has 0 spiro atoms. The van der Waals surface area contributed by atoms with Gasteiger partial charge in [0.25, 0.3) is 0 Å². The minimum absolute atomic E-state index is 0.545. The molecule has 1 heterocycles. The Labute approximate surface area is 88.8 Å². The Hall–Kier alpha value is -1.03. The molecule has 3 nitrogen and oxygen atoms in total. The number of nitrogen functional groups attached to an aromatic ring is 1. The van der Waals surface area contributed by atoms with Crippen LogP contribution >= 0.6 is 11.8 Å². The summed E-state index contributed by atoms with van der Waals surface area (Å²) in [5.74, 6) is 1.55. The van der Waals surface area contributed by atoms with Crippen molar-refractivity contribution in [2.75, 3.05) is 11.5 Å². The number of rotatable bonds is 5. The molecule has 4 heteroatoms. The third kappa shape index (κ3) is 3.79. The first-order valence-corrected chi connectivity index (χ1v) is 5.56. The van der Waals surface area contributed by atoms with Crippen LogP contribution in [0.5, 0.6) is 0 Å². The van der Waals surface area contributed by atoms with E-state index in [1.54, 1.807) is 17.8 Å². The van der Waals surface area contributed by atoms with Crippen molar-refractivity contribution in [1.82, 2.24) is 9.97 Å². The second kappa shape index (κ2) is 5.65. The summed E-state index contributed by atoms with van der Waals surface area (Å²) in [7, 11) is 0. The Morgan fingerprint density at radius 2 is 2.36 bits per heavy atom. The summed E-state index contributed by atoms with van der Waals surface area (Å²) in [4.78, 5) is 8.41. The van der Waals surface area contributed by atoms with E-state index >= 15 is 0 Å². The summed E-state index contributed by atoms with van der Waals surface area (Å²) >= 11 is 1.64. The normalized spacial score (nSPS) is 10.1. The van der Waals surface area contributed by atoms with E-state index in [0.29, 0.717) is 5.82 Å². The second-order valence-electron chi connectivity index (χ2n) is 3.00. The second-order valence-corrected chi connectivity index (χ2v) is 4.06. The van der Waals surface area contributed by atoms with E-state index in [0.717, 1.165) is 29.4 Å². The van der Waals surface area contributed by atoms with E-state index in [1.165, 1.54) is 0 Å². The van der Waals surface area contributed by atoms with Crippen molar-refractivity contribution in [3.05, 3.63) is 24.4 Å². The predicted molar refractivity (Wildman–Crippen MR) is 61.3 cm³/mol. The van der Waals surface area contributed by atoms with Gasteiger partial charge in [-0.2, -0.15) is 0 Å². The molecule has 0 amide bonds. The lowest BCUT2D eigenvalue weighted by molar-refractivity contribution is 0.925. The van der Waals surface area contributed by atoms with Gasteiger partial charge in [0, 0.05) is 17.5 Å². The van der Waals surface area contributed by atoms with Crippen molar-refractivity contribution in [2.24, 2.45) is 0 Å². The van der Waals surface area contributed by atoms with Crippen molar-refractivity contribution in [2.45, 2.75) is 24.9 Å². The summed E-state index contributed by atoms with van der Waals surface area (Å²) in [6.45, 7) is 5.60. The molecule has 0 radical (unpaired) electrons. The van der Waals surface area contributed by atoms with Crippen LogP contribution in [0.1, 0.15) is 18.5 Å². The molecule has 0 aliphatic rings. The largest absolute Gasteiger partial charge is 0.384 e. The van der Waals surface area contributed by atoms with Crippen LogP contribution < -0.4 is 5.73 Å². The summed E-state index contributed by atoms with van der Waals surface area (Å²) in [5, 5.41) is 0.770. The molecular weight excluding hydrogens is 194 g/mol. The summed E-state index contributed by atoms with van der Waals surface area (Å²) < 4.78 is 0. The number of unbranched alkanes of at least 4 members (excludes halogenated alkanes) is 1. The van der Waals surface area contributed by atoms with Gasteiger partial charge in [0.1, 0.15) is 5.82 Å². The quantitative estimate of drug-likeness (QED) is 0.350. The van der Waals surface area contributed by atoms with E-state index < -0.39 is 0 Å². The molecule has 0 aliphatic carbocycles. The summed E-state index contributed by atoms with van der Waals surface area (Å²) in [5.41, 5.74) is 6.53. The Morgan fingerprint density at radius 3 is 3.00 bits per heavy atom. The zero-order valence-electron chi connectivity index (χ0n) is 8.36. The number of hydrogen-bond donors (Lipinski definition) is 1. The number of anilines is 1. The molecule has 0 aliphatic heterocycles. The van der Waals surface area contributed by atoms with Gasteiger partial charge >= 0.3 is 0 Å². The van der Waals surface area contributed by atoms with Gasteiger partial charge in [0.05, 0.1) is 0 Å². The maximum Gasteiger partial charge on any atom is 0.189 e. The van der Waals surface area contributed by atoms with E-state index in [4.69, 9.17) is 5.73 Å². The first-order valence-electron chi connectivity index (χ1n) is 4.57. The number of hydrogen-bond acceptors (Lipinski definition) is 4. The molecule has 0 aromatic carbocycles. The monoisotopic (exact) mass is 209 g/mol. The number of nitrogens with zero attached hydrogens (tertiary/aromatic N) is 2. The van der Waals surface area contributed by atoms with Gasteiger partial charge in [0.15, 0.2) is 5.16 Å². The van der Waals surface area contributed by atoms with E-state index in [1.807, 2.05) is 13.0 Å². The third-order valence-electron chi connectivity index (χ3n) is 1.64. The Kier molecular flexibility index (Phi) is 4.46. The average Bonchev–Trinajstić information content (AvgIpc) is 2.11. The number of nitrogens with two attached hydrogens (primary N) is 1. The van der Waals surface area contributed by atoms with Crippen LogP contribution in [0, 0.1) is 6.92 Å². The van der Waals surface area contributed by atoms with Crippen LogP contribution in [0.3, 0.4) is 0 Å². The minimum Gasteiger partial charge on any atom is -0.384 e. The van der Waals surface area contributed by atoms with Crippen LogP contribution in [0.2, 0.25) is 0 Å². The smallest absolute Gasteiger partial charge is 0.189 e. The lowest BCUT2D eigenvalue weighted by atomic mass is 10.3. The highest BCUT2D eigenvalue weighted by atomic mass is 32.2. The highest BCUT2D eigenvalue weighted by molar-refractivity contribution is 7.99. The molecular formula is C10H15N3S. The fourth-order valence-corrected chi connectivity index (χ4v) is 1.89. The van der Waals surface area contributed by atoms with Gasteiger partial charge in [-0.1, -0.05) is 17.8 Å². The van der Waals surface area contributed by atoms with Gasteiger partial charge in [-0.15, -0.1) is 6.58 Å². The van der Waals surface area contributed by atoms with E-state index in [-0.39, 0.29) is 0 Å². The number of aromatic nitrogens is 2. The van der Waals surface area contributed by atoms with Crippen LogP contribution in [0.15, 0.2) is 23.9 Å². The molecule has 0 unspecified atom stereocenters. The molecule has 0 atom stereocenters. The van der Waals surface area contributed by atoms with Gasteiger partial charge in [-0.3, -0.25) is 0 Å². The molecule has 1 aromatic heterocycles. The first-order chi connectivity index (χ1) is 6.72. The predicted octanol–water partition coefficient (Wildman–Crippen LogP) is 2.43. The van der Waals surface area contributed by atoms with Gasteiger partial charge in [-0.25, -0.2) is 9.97 Å². The molecule has 0 fully saturated rings. The Morgan fingerprint density at radius 1 is 1.57 bits per heavy atom. The molecule has 14 heavy (non-hydrogen) atoms. The van der Waals surface area contributed by atoms with Gasteiger partial charge < -0.3 is 5.73 Å². The highest BCUT2D eigenvalue weighted by Crippen LogP contribution is 2.16. The van der Waals surface area contributed by atoms with Crippen molar-refractivity contribution >= 4 is 17.6 Å². The molecule has 76 valence electrons. The maximum atomic E-state index is 5.61. The fourth-order valence-electron chi connectivity index (χ4n) is 1.02. The minimum atomic E-state index is 0.545. The van der Waals surface area contributed by atoms with Gasteiger partial charge in [-0.05, 0) is 19.8 Å². The lowest BCUT2D eigenvalue weighted by Gasteiger charge is -2.01. The molecule has 1 aromatic rings. The van der Waals surface area contributed by atoms with Crippen molar-refractivity contribution in [1.29, 1.82) is 0 Å². The Balaban J connectivity index is 2.46. The SMILES string of the molecule is C=CCCCSc1nc(C)cc(N)n1. The van der Waals surface area contributed by atoms with Crippen LogP contribution in [-0.4, -0.2) is 15.7 Å². The standard InChI is InChI=1S/C10H15N3S/c1-3-4-5-6-14-10-12-8(2)7-9(11)13-10/h3,7H,1,4-6H2,2H3,(H2,11,12,13). The highest BCUT2D eigenvalue weighted by Gasteiger charge is 1.99. The Bertz CT molecular complexity index is 292. The number of allylic oxidation sites excluding steroid dienone is 1. The van der Waals surface area contributed by atoms with Gasteiger partial charge in [0.2, 0.25) is 0 Å². The summed E-state index contributed by atoms with van der Waals surface area (Å²) in [6.07, 6.45) is 4.06. The van der Waals surface area contributed by atoms with Crippen molar-refractivity contribution in [3.8, 4) is 0 Å². The third-order valence-corrected chi connectivity index (χ3v) is 2.57. The van der Waals surface area contributed by atoms with E-state index in [2.05, 4.69) is 16.5 Å². The molecule has 2 N–H and O–H groups in total. The lowest BCUT2D eigenvalue weighted by Crippen LogP contribution is -1.96. The number of thioether (sulfide) groups is 1. The topological polar surface area (TPSA) is 51.8 Å². The van der Waals surface area contributed by atoms with Crippen LogP contribution in [0.4, 0.5) is 5.82 Å². The first kappa shape index (κ1) is 11.0. The van der Waals surface area contributed by atoms with E-state index in [9.17, 15) is 0 Å². The molecule has 0 bridgehead atoms. The fraction of sp³-hybridized carbons (Fsp3) is 0.400. The van der Waals surface area contributed by atoms with Crippen molar-refractivity contribution < 1.29 is 0 Å². The van der Waals surface area contributed by atoms with Crippen LogP contribution in [0.25, 0.3) is 0 Å². The molecule has 1 rings (SSSR count). The average molecular weight is 209 g/mol. The molecule has 0 saturated carbocycles.